The summed E-state index contributed by atoms with van der Waals surface area (Å²) < 4.78 is 0.740. The molecule has 2 rings (SSSR count). The van der Waals surface area contributed by atoms with Gasteiger partial charge in [-0.1, -0.05) is 35.9 Å². The number of hydrogen-bond acceptors (Lipinski definition) is 6. The number of hydrogen-bond donors (Lipinski definition) is 4. The molecule has 29 heavy (non-hydrogen) atoms. The number of carbonyl (C=O) groups excluding carboxylic acids is 1. The van der Waals surface area contributed by atoms with Crippen molar-refractivity contribution in [2.24, 2.45) is 11.8 Å². The highest BCUT2D eigenvalue weighted by atomic mass is 35.5. The monoisotopic (exact) mass is 442 g/mol. The summed E-state index contributed by atoms with van der Waals surface area (Å²) in [6, 6.07) is 3.81. The molecular formula is C22H31ClO5S. The minimum Gasteiger partial charge on any atom is -0.393 e. The molecule has 0 aromatic carbocycles. The lowest BCUT2D eigenvalue weighted by Gasteiger charge is -2.19. The molecule has 1 saturated carbocycles. The highest BCUT2D eigenvalue weighted by Crippen LogP contribution is 2.36. The molecule has 1 fully saturated rings. The highest BCUT2D eigenvalue weighted by Gasteiger charge is 2.39. The number of unbranched alkanes of at least 4 members (excludes halogenated alkanes) is 1. The van der Waals surface area contributed by atoms with E-state index < -0.39 is 24.9 Å². The minimum atomic E-state index is -0.620. The number of aryl methyl sites for hydroxylation is 1. The fourth-order valence-electron chi connectivity index (χ4n) is 3.70. The van der Waals surface area contributed by atoms with Gasteiger partial charge in [0, 0.05) is 23.6 Å². The molecule has 0 radical (unpaired) electrons. The number of aliphatic hydroxyl groups is 4. The third-order valence-corrected chi connectivity index (χ3v) is 6.66. The molecule has 1 aromatic heterocycles. The fourth-order valence-corrected chi connectivity index (χ4v) is 4.81. The van der Waals surface area contributed by atoms with Crippen molar-refractivity contribution in [2.75, 3.05) is 6.61 Å². The SMILES string of the molecule is O=C(CO)CCC/C=C/CC1C(O)CC(O)C1/C=C/C(O)CCc1ccc(Cl)s1. The van der Waals surface area contributed by atoms with Crippen LogP contribution in [0.15, 0.2) is 36.4 Å². The van der Waals surface area contributed by atoms with Crippen LogP contribution >= 0.6 is 22.9 Å². The van der Waals surface area contributed by atoms with Crippen LogP contribution in [0.4, 0.5) is 0 Å². The number of rotatable bonds is 12. The summed E-state index contributed by atoms with van der Waals surface area (Å²) in [5.41, 5.74) is 0. The predicted molar refractivity (Wildman–Crippen MR) is 116 cm³/mol. The van der Waals surface area contributed by atoms with Crippen molar-refractivity contribution in [3.05, 3.63) is 45.7 Å². The summed E-state index contributed by atoms with van der Waals surface area (Å²) in [5.74, 6) is -0.449. The average Bonchev–Trinajstić information content (AvgIpc) is 3.23. The zero-order valence-corrected chi connectivity index (χ0v) is 18.1. The molecule has 162 valence electrons. The first-order valence-electron chi connectivity index (χ1n) is 10.1. The van der Waals surface area contributed by atoms with Crippen LogP contribution < -0.4 is 0 Å². The van der Waals surface area contributed by atoms with Gasteiger partial charge in [0.2, 0.25) is 0 Å². The molecule has 0 bridgehead atoms. The van der Waals surface area contributed by atoms with E-state index in [4.69, 9.17) is 16.7 Å². The summed E-state index contributed by atoms with van der Waals surface area (Å²) in [6.45, 7) is -0.406. The van der Waals surface area contributed by atoms with Crippen LogP contribution in [0.1, 0.15) is 43.4 Å². The van der Waals surface area contributed by atoms with Crippen molar-refractivity contribution < 1.29 is 25.2 Å². The van der Waals surface area contributed by atoms with E-state index >= 15 is 0 Å². The maximum atomic E-state index is 11.1. The second kappa shape index (κ2) is 12.6. The van der Waals surface area contributed by atoms with Gasteiger partial charge in [-0.2, -0.15) is 0 Å². The number of aliphatic hydroxyl groups excluding tert-OH is 4. The first kappa shape index (κ1) is 24.3. The van der Waals surface area contributed by atoms with E-state index in [1.807, 2.05) is 30.4 Å². The molecule has 4 N–H and O–H groups in total. The number of allylic oxidation sites excluding steroid dienone is 2. The Morgan fingerprint density at radius 1 is 1.28 bits per heavy atom. The summed E-state index contributed by atoms with van der Waals surface area (Å²) in [6.07, 6.45) is 9.79. The van der Waals surface area contributed by atoms with Crippen LogP contribution in [0.5, 0.6) is 0 Å². The minimum absolute atomic E-state index is 0.0973. The smallest absolute Gasteiger partial charge is 0.158 e. The normalized spacial score (nSPS) is 26.0. The van der Waals surface area contributed by atoms with Crippen molar-refractivity contribution in [1.29, 1.82) is 0 Å². The van der Waals surface area contributed by atoms with E-state index in [0.29, 0.717) is 32.1 Å². The number of ketones is 1. The Morgan fingerprint density at radius 2 is 2.07 bits per heavy atom. The molecule has 7 heteroatoms. The predicted octanol–water partition coefficient (Wildman–Crippen LogP) is 3.29. The maximum absolute atomic E-state index is 11.1. The van der Waals surface area contributed by atoms with Gasteiger partial charge >= 0.3 is 0 Å². The van der Waals surface area contributed by atoms with E-state index in [1.165, 1.54) is 11.3 Å². The van der Waals surface area contributed by atoms with Gasteiger partial charge in [-0.15, -0.1) is 11.3 Å². The lowest BCUT2D eigenvalue weighted by molar-refractivity contribution is -0.121. The number of carbonyl (C=O) groups is 1. The zero-order valence-electron chi connectivity index (χ0n) is 16.5. The van der Waals surface area contributed by atoms with E-state index in [0.717, 1.165) is 22.1 Å². The Balaban J connectivity index is 1.80. The Hall–Kier alpha value is -1.02. The van der Waals surface area contributed by atoms with E-state index in [1.54, 1.807) is 6.08 Å². The molecule has 5 atom stereocenters. The second-order valence-corrected chi connectivity index (χ2v) is 9.40. The standard InChI is InChI=1S/C22H31ClO5S/c23-22-12-10-17(29-22)9-7-15(25)8-11-19-18(20(27)13-21(19)28)6-4-2-1-3-5-16(26)14-24/h2,4,8,10-12,15,18-21,24-25,27-28H,1,3,5-7,9,13-14H2/b4-2+,11-8+. The molecule has 0 aliphatic heterocycles. The van der Waals surface area contributed by atoms with Gasteiger partial charge in [0.15, 0.2) is 5.78 Å². The van der Waals surface area contributed by atoms with Gasteiger partial charge in [-0.25, -0.2) is 0 Å². The summed E-state index contributed by atoms with van der Waals surface area (Å²) in [7, 11) is 0. The van der Waals surface area contributed by atoms with Crippen LogP contribution in [0, 0.1) is 11.8 Å². The molecular weight excluding hydrogens is 412 g/mol. The van der Waals surface area contributed by atoms with Crippen molar-refractivity contribution >= 4 is 28.7 Å². The van der Waals surface area contributed by atoms with E-state index in [9.17, 15) is 20.1 Å². The van der Waals surface area contributed by atoms with Gasteiger partial charge in [0.1, 0.15) is 6.61 Å². The molecule has 1 aliphatic rings. The second-order valence-electron chi connectivity index (χ2n) is 7.60. The van der Waals surface area contributed by atoms with Gasteiger partial charge in [-0.3, -0.25) is 4.79 Å². The number of halogens is 1. The van der Waals surface area contributed by atoms with Crippen LogP contribution in [0.25, 0.3) is 0 Å². The lowest BCUT2D eigenvalue weighted by atomic mass is 9.89. The summed E-state index contributed by atoms with van der Waals surface area (Å²) >= 11 is 7.43. The van der Waals surface area contributed by atoms with E-state index in [-0.39, 0.29) is 17.6 Å². The summed E-state index contributed by atoms with van der Waals surface area (Å²) in [5, 5.41) is 39.5. The lowest BCUT2D eigenvalue weighted by Crippen LogP contribution is -2.20. The highest BCUT2D eigenvalue weighted by molar-refractivity contribution is 7.16. The van der Waals surface area contributed by atoms with Crippen LogP contribution in [0.3, 0.4) is 0 Å². The molecule has 0 amide bonds. The van der Waals surface area contributed by atoms with Gasteiger partial charge in [0.05, 0.1) is 22.6 Å². The fraction of sp³-hybridized carbons (Fsp3) is 0.591. The van der Waals surface area contributed by atoms with E-state index in [2.05, 4.69) is 0 Å². The Labute approximate surface area is 181 Å². The van der Waals surface area contributed by atoms with Crippen molar-refractivity contribution in [1.82, 2.24) is 0 Å². The summed E-state index contributed by atoms with van der Waals surface area (Å²) in [4.78, 5) is 12.2. The van der Waals surface area contributed by atoms with Crippen LogP contribution in [-0.4, -0.2) is 51.1 Å². The van der Waals surface area contributed by atoms with Crippen molar-refractivity contribution in [2.45, 2.75) is 63.3 Å². The third kappa shape index (κ3) is 8.32. The Morgan fingerprint density at radius 3 is 2.76 bits per heavy atom. The molecule has 0 saturated heterocycles. The quantitative estimate of drug-likeness (QED) is 0.294. The molecule has 1 heterocycles. The van der Waals surface area contributed by atoms with Gasteiger partial charge in [0.25, 0.3) is 0 Å². The molecule has 1 aromatic rings. The van der Waals surface area contributed by atoms with Crippen LogP contribution in [0.2, 0.25) is 4.34 Å². The first-order chi connectivity index (χ1) is 13.9. The van der Waals surface area contributed by atoms with Crippen molar-refractivity contribution in [3.8, 4) is 0 Å². The third-order valence-electron chi connectivity index (χ3n) is 5.36. The van der Waals surface area contributed by atoms with Gasteiger partial charge < -0.3 is 20.4 Å². The number of thiophene rings is 1. The van der Waals surface area contributed by atoms with Gasteiger partial charge in [-0.05, 0) is 50.2 Å². The van der Waals surface area contributed by atoms with Crippen LogP contribution in [-0.2, 0) is 11.2 Å². The first-order valence-corrected chi connectivity index (χ1v) is 11.3. The number of Topliss-reactive ketones (excluding diaryl/α,β-unsaturated/α-hetero) is 1. The molecule has 5 nitrogen and oxygen atoms in total. The molecule has 0 spiro atoms. The Bertz CT molecular complexity index is 686. The van der Waals surface area contributed by atoms with Crippen molar-refractivity contribution in [3.63, 3.8) is 0 Å². The molecule has 5 unspecified atom stereocenters. The average molecular weight is 443 g/mol. The zero-order chi connectivity index (χ0) is 21.2. The maximum Gasteiger partial charge on any atom is 0.158 e. The molecule has 1 aliphatic carbocycles. The largest absolute Gasteiger partial charge is 0.393 e. The topological polar surface area (TPSA) is 98.0 Å². The Kier molecular flexibility index (Phi) is 10.6.